The van der Waals surface area contributed by atoms with E-state index in [1.165, 1.54) is 0 Å². The second kappa shape index (κ2) is 9.57. The van der Waals surface area contributed by atoms with E-state index in [1.54, 1.807) is 12.1 Å². The van der Waals surface area contributed by atoms with Gasteiger partial charge < -0.3 is 20.3 Å². The van der Waals surface area contributed by atoms with Crippen molar-refractivity contribution in [2.45, 2.75) is 13.0 Å². The van der Waals surface area contributed by atoms with Crippen molar-refractivity contribution in [3.8, 4) is 5.88 Å². The predicted octanol–water partition coefficient (Wildman–Crippen LogP) is 2.50. The Hall–Kier alpha value is -3.45. The summed E-state index contributed by atoms with van der Waals surface area (Å²) in [5.41, 5.74) is 8.86. The number of ether oxygens (including phenoxy) is 1. The van der Waals surface area contributed by atoms with Gasteiger partial charge in [0.2, 0.25) is 17.7 Å². The fraction of sp³-hybridized carbons (Fsp3) is 0.292. The quantitative estimate of drug-likeness (QED) is 0.636. The lowest BCUT2D eigenvalue weighted by Crippen LogP contribution is -2.45. The molecule has 0 atom stereocenters. The van der Waals surface area contributed by atoms with E-state index in [9.17, 15) is 4.79 Å². The molecule has 0 bridgehead atoms. The summed E-state index contributed by atoms with van der Waals surface area (Å²) < 4.78 is 6.15. The van der Waals surface area contributed by atoms with Crippen molar-refractivity contribution in [1.82, 2.24) is 14.9 Å². The number of rotatable bonds is 7. The number of amides is 1. The second-order valence-corrected chi connectivity index (χ2v) is 7.80. The van der Waals surface area contributed by atoms with Crippen molar-refractivity contribution < 1.29 is 9.53 Å². The van der Waals surface area contributed by atoms with Gasteiger partial charge in [-0.05, 0) is 30.3 Å². The number of piperazine rings is 1. The van der Waals surface area contributed by atoms with Gasteiger partial charge in [-0.1, -0.05) is 42.5 Å². The lowest BCUT2D eigenvalue weighted by Gasteiger charge is -2.32. The van der Waals surface area contributed by atoms with Crippen molar-refractivity contribution in [2.75, 3.05) is 38.1 Å². The summed E-state index contributed by atoms with van der Waals surface area (Å²) in [4.78, 5) is 25.2. The Morgan fingerprint density at radius 3 is 2.39 bits per heavy atom. The first-order chi connectivity index (χ1) is 15.1. The fourth-order valence-electron chi connectivity index (χ4n) is 3.52. The van der Waals surface area contributed by atoms with Crippen LogP contribution in [0.5, 0.6) is 5.88 Å². The number of nitrogens with zero attached hydrogens (tertiary/aromatic N) is 4. The molecule has 1 aromatic heterocycles. The second-order valence-electron chi connectivity index (χ2n) is 7.80. The Morgan fingerprint density at radius 1 is 1.00 bits per heavy atom. The molecule has 0 spiro atoms. The van der Waals surface area contributed by atoms with E-state index in [2.05, 4.69) is 21.8 Å². The van der Waals surface area contributed by atoms with Crippen molar-refractivity contribution in [1.29, 1.82) is 0 Å². The summed E-state index contributed by atoms with van der Waals surface area (Å²) in [6.45, 7) is 4.19. The maximum absolute atomic E-state index is 11.3. The third-order valence-electron chi connectivity index (χ3n) is 5.45. The molecule has 0 saturated carbocycles. The SMILES string of the molecule is CN1CCN(c2ncc(Cc3ccc(C(N)=O)cc3)c(OCc3ccccc3)n2)CC1. The number of primary amides is 1. The number of hydrogen-bond donors (Lipinski definition) is 1. The van der Waals surface area contributed by atoms with Crippen LogP contribution in [0.2, 0.25) is 0 Å². The van der Waals surface area contributed by atoms with Crippen molar-refractivity contribution in [3.63, 3.8) is 0 Å². The maximum atomic E-state index is 11.3. The highest BCUT2D eigenvalue weighted by Crippen LogP contribution is 2.24. The van der Waals surface area contributed by atoms with E-state index < -0.39 is 5.91 Å². The zero-order chi connectivity index (χ0) is 21.6. The normalized spacial score (nSPS) is 14.4. The zero-order valence-corrected chi connectivity index (χ0v) is 17.7. The Labute approximate surface area is 182 Å². The monoisotopic (exact) mass is 417 g/mol. The summed E-state index contributed by atoms with van der Waals surface area (Å²) in [5, 5.41) is 0. The molecule has 1 aliphatic heterocycles. The van der Waals surface area contributed by atoms with E-state index in [0.29, 0.717) is 30.4 Å². The van der Waals surface area contributed by atoms with Crippen LogP contribution >= 0.6 is 0 Å². The molecule has 2 aromatic carbocycles. The van der Waals surface area contributed by atoms with Gasteiger partial charge in [0.1, 0.15) is 6.61 Å². The van der Waals surface area contributed by atoms with Crippen molar-refractivity contribution in [3.05, 3.63) is 83.0 Å². The topological polar surface area (TPSA) is 84.6 Å². The Morgan fingerprint density at radius 2 is 1.71 bits per heavy atom. The lowest BCUT2D eigenvalue weighted by atomic mass is 10.1. The lowest BCUT2D eigenvalue weighted by molar-refractivity contribution is 0.100. The maximum Gasteiger partial charge on any atom is 0.248 e. The molecule has 3 aromatic rings. The molecule has 160 valence electrons. The molecular formula is C24H27N5O2. The van der Waals surface area contributed by atoms with E-state index in [-0.39, 0.29) is 0 Å². The van der Waals surface area contributed by atoms with Crippen LogP contribution in [0.1, 0.15) is 27.0 Å². The summed E-state index contributed by atoms with van der Waals surface area (Å²) in [6, 6.07) is 17.3. The Kier molecular flexibility index (Phi) is 6.43. The van der Waals surface area contributed by atoms with E-state index in [1.807, 2.05) is 48.7 Å². The molecule has 4 rings (SSSR count). The van der Waals surface area contributed by atoms with Gasteiger partial charge in [0.15, 0.2) is 0 Å². The van der Waals surface area contributed by atoms with Gasteiger partial charge in [0.05, 0.1) is 0 Å². The van der Waals surface area contributed by atoms with Gasteiger partial charge in [-0.25, -0.2) is 4.98 Å². The smallest absolute Gasteiger partial charge is 0.248 e. The molecule has 0 unspecified atom stereocenters. The number of hydrogen-bond acceptors (Lipinski definition) is 6. The van der Waals surface area contributed by atoms with Crippen molar-refractivity contribution >= 4 is 11.9 Å². The molecule has 2 N–H and O–H groups in total. The molecule has 1 amide bonds. The summed E-state index contributed by atoms with van der Waals surface area (Å²) in [7, 11) is 2.12. The van der Waals surface area contributed by atoms with Gasteiger partial charge in [-0.15, -0.1) is 0 Å². The highest BCUT2D eigenvalue weighted by Gasteiger charge is 2.19. The van der Waals surface area contributed by atoms with Crippen LogP contribution in [0.3, 0.4) is 0 Å². The van der Waals surface area contributed by atoms with Crippen LogP contribution < -0.4 is 15.4 Å². The Balaban J connectivity index is 1.57. The third-order valence-corrected chi connectivity index (χ3v) is 5.45. The van der Waals surface area contributed by atoms with Gasteiger partial charge >= 0.3 is 0 Å². The standard InChI is InChI=1S/C24H27N5O2/c1-28-11-13-29(14-12-28)24-26-16-21(15-18-7-9-20(10-8-18)22(25)30)23(27-24)31-17-19-5-3-2-4-6-19/h2-10,16H,11-15,17H2,1H3,(H2,25,30). The molecule has 2 heterocycles. The molecule has 31 heavy (non-hydrogen) atoms. The molecule has 0 aliphatic carbocycles. The van der Waals surface area contributed by atoms with Gasteiger partial charge in [-0.3, -0.25) is 4.79 Å². The first-order valence-electron chi connectivity index (χ1n) is 10.4. The molecule has 1 saturated heterocycles. The number of likely N-dealkylation sites (N-methyl/N-ethyl adjacent to an activating group) is 1. The molecule has 7 nitrogen and oxygen atoms in total. The number of carbonyl (C=O) groups is 1. The highest BCUT2D eigenvalue weighted by molar-refractivity contribution is 5.92. The van der Waals surface area contributed by atoms with Crippen molar-refractivity contribution in [2.24, 2.45) is 5.73 Å². The average Bonchev–Trinajstić information content (AvgIpc) is 2.80. The minimum Gasteiger partial charge on any atom is -0.472 e. The predicted molar refractivity (Wildman–Crippen MR) is 120 cm³/mol. The van der Waals surface area contributed by atoms with E-state index >= 15 is 0 Å². The number of nitrogens with two attached hydrogens (primary N) is 1. The summed E-state index contributed by atoms with van der Waals surface area (Å²) in [5.74, 6) is 0.856. The molecule has 0 radical (unpaired) electrons. The van der Waals surface area contributed by atoms with Crippen LogP contribution in [0.25, 0.3) is 0 Å². The minimum absolute atomic E-state index is 0.432. The van der Waals surface area contributed by atoms with Gasteiger partial charge in [0.25, 0.3) is 0 Å². The average molecular weight is 418 g/mol. The first-order valence-corrected chi connectivity index (χ1v) is 10.4. The largest absolute Gasteiger partial charge is 0.472 e. The molecule has 1 aliphatic rings. The fourth-order valence-corrected chi connectivity index (χ4v) is 3.52. The number of aromatic nitrogens is 2. The Bertz CT molecular complexity index is 1020. The van der Waals surface area contributed by atoms with E-state index in [0.717, 1.165) is 42.9 Å². The molecular weight excluding hydrogens is 390 g/mol. The number of carbonyl (C=O) groups excluding carboxylic acids is 1. The minimum atomic E-state index is -0.432. The van der Waals surface area contributed by atoms with Crippen LogP contribution in [-0.4, -0.2) is 54.0 Å². The molecule has 7 heteroatoms. The van der Waals surface area contributed by atoms with Crippen LogP contribution in [0.4, 0.5) is 5.95 Å². The first kappa shape index (κ1) is 20.8. The molecule has 1 fully saturated rings. The highest BCUT2D eigenvalue weighted by atomic mass is 16.5. The van der Waals surface area contributed by atoms with Crippen LogP contribution in [-0.2, 0) is 13.0 Å². The van der Waals surface area contributed by atoms with Crippen LogP contribution in [0, 0.1) is 0 Å². The zero-order valence-electron chi connectivity index (χ0n) is 17.7. The summed E-state index contributed by atoms with van der Waals surface area (Å²) >= 11 is 0. The number of anilines is 1. The van der Waals surface area contributed by atoms with Gasteiger partial charge in [-0.2, -0.15) is 4.98 Å². The third kappa shape index (κ3) is 5.38. The van der Waals surface area contributed by atoms with Gasteiger partial charge in [0, 0.05) is 49.9 Å². The number of benzene rings is 2. The van der Waals surface area contributed by atoms with Crippen LogP contribution in [0.15, 0.2) is 60.8 Å². The van der Waals surface area contributed by atoms with E-state index in [4.69, 9.17) is 15.5 Å². The summed E-state index contributed by atoms with van der Waals surface area (Å²) in [6.07, 6.45) is 2.45.